The monoisotopic (exact) mass is 599 g/mol. The summed E-state index contributed by atoms with van der Waals surface area (Å²) < 4.78 is 17.5. The highest BCUT2D eigenvalue weighted by atomic mass is 35.5. The van der Waals surface area contributed by atoms with Crippen LogP contribution in [0.5, 0.6) is 5.75 Å². The van der Waals surface area contributed by atoms with E-state index in [0.29, 0.717) is 29.4 Å². The summed E-state index contributed by atoms with van der Waals surface area (Å²) in [6.45, 7) is 11.6. The Balaban J connectivity index is 0.000000660. The topological polar surface area (TPSA) is 115 Å². The molecular formula is C30H44Cl2FN3O4. The van der Waals surface area contributed by atoms with E-state index in [0.717, 1.165) is 24.3 Å². The van der Waals surface area contributed by atoms with E-state index in [1.807, 2.05) is 32.0 Å². The highest BCUT2D eigenvalue weighted by Gasteiger charge is 2.39. The zero-order valence-corrected chi connectivity index (χ0v) is 25.8. The van der Waals surface area contributed by atoms with Crippen LogP contribution in [0.25, 0.3) is 0 Å². The summed E-state index contributed by atoms with van der Waals surface area (Å²) in [5, 5.41) is 33.6. The summed E-state index contributed by atoms with van der Waals surface area (Å²) >= 11 is 11.5. The smallest absolute Gasteiger partial charge is 0.207 e. The zero-order valence-electron chi connectivity index (χ0n) is 24.3. The average Bonchev–Trinajstić information content (AvgIpc) is 3.31. The van der Waals surface area contributed by atoms with Gasteiger partial charge in [-0.1, -0.05) is 63.9 Å². The lowest BCUT2D eigenvalue weighted by Gasteiger charge is -2.26. The first-order valence-electron chi connectivity index (χ1n) is 13.3. The summed E-state index contributed by atoms with van der Waals surface area (Å²) in [6, 6.07) is 14.1. The van der Waals surface area contributed by atoms with Crippen molar-refractivity contribution in [3.8, 4) is 11.8 Å². The Kier molecular flexibility index (Phi) is 19.2. The molecule has 3 rings (SSSR count). The number of nitrogens with zero attached hydrogens (tertiary/aromatic N) is 1. The van der Waals surface area contributed by atoms with E-state index in [9.17, 15) is 14.4 Å². The Morgan fingerprint density at radius 3 is 2.35 bits per heavy atom. The van der Waals surface area contributed by atoms with Crippen molar-refractivity contribution in [2.45, 2.75) is 65.5 Å². The molecule has 1 aliphatic heterocycles. The predicted octanol–water partition coefficient (Wildman–Crippen LogP) is 5.96. The molecule has 0 bridgehead atoms. The summed E-state index contributed by atoms with van der Waals surface area (Å²) in [7, 11) is 1.66. The molecule has 224 valence electrons. The Bertz CT molecular complexity index is 1010. The summed E-state index contributed by atoms with van der Waals surface area (Å²) in [5.41, 5.74) is 1.22. The van der Waals surface area contributed by atoms with Crippen molar-refractivity contribution in [3.05, 3.63) is 63.9 Å². The molecule has 10 heteroatoms. The number of carbonyl (C=O) groups is 1. The molecule has 0 aromatic heterocycles. The Morgan fingerprint density at radius 1 is 1.23 bits per heavy atom. The predicted molar refractivity (Wildman–Crippen MR) is 160 cm³/mol. The number of aliphatic hydroxyl groups is 2. The van der Waals surface area contributed by atoms with Crippen molar-refractivity contribution < 1.29 is 24.1 Å². The lowest BCUT2D eigenvalue weighted by molar-refractivity contribution is -0.109. The van der Waals surface area contributed by atoms with Gasteiger partial charge in [0.15, 0.2) is 0 Å². The van der Waals surface area contributed by atoms with Crippen molar-refractivity contribution in [3.63, 3.8) is 0 Å². The molecule has 7 nitrogen and oxygen atoms in total. The minimum absolute atomic E-state index is 0.0587. The average molecular weight is 601 g/mol. The first-order chi connectivity index (χ1) is 18.9. The van der Waals surface area contributed by atoms with Crippen LogP contribution in [0.3, 0.4) is 0 Å². The van der Waals surface area contributed by atoms with E-state index in [-0.39, 0.29) is 35.7 Å². The normalized spacial score (nSPS) is 18.3. The third kappa shape index (κ3) is 14.8. The van der Waals surface area contributed by atoms with Gasteiger partial charge in [0.25, 0.3) is 0 Å². The summed E-state index contributed by atoms with van der Waals surface area (Å²) in [4.78, 5) is 9.62. The molecule has 40 heavy (non-hydrogen) atoms. The molecule has 0 spiro atoms. The molecular weight excluding hydrogens is 556 g/mol. The largest absolute Gasteiger partial charge is 0.496 e. The van der Waals surface area contributed by atoms with Gasteiger partial charge in [-0.25, -0.2) is 4.39 Å². The molecule has 4 unspecified atom stereocenters. The molecule has 4 atom stereocenters. The quantitative estimate of drug-likeness (QED) is 0.220. The van der Waals surface area contributed by atoms with E-state index >= 15 is 0 Å². The maximum absolute atomic E-state index is 12.1. The highest BCUT2D eigenvalue weighted by Crippen LogP contribution is 2.40. The maximum Gasteiger partial charge on any atom is 0.207 e. The van der Waals surface area contributed by atoms with Gasteiger partial charge in [0.05, 0.1) is 31.8 Å². The first-order valence-corrected chi connectivity index (χ1v) is 14.0. The number of amides is 1. The highest BCUT2D eigenvalue weighted by molar-refractivity contribution is 6.30. The number of hydrogen-bond acceptors (Lipinski definition) is 6. The van der Waals surface area contributed by atoms with E-state index in [2.05, 4.69) is 37.5 Å². The fraction of sp³-hybridized carbons (Fsp3) is 0.533. The lowest BCUT2D eigenvalue weighted by atomic mass is 9.79. The fourth-order valence-electron chi connectivity index (χ4n) is 4.01. The van der Waals surface area contributed by atoms with Crippen LogP contribution in [-0.4, -0.2) is 55.6 Å². The molecule has 0 radical (unpaired) electrons. The molecule has 1 aliphatic rings. The van der Waals surface area contributed by atoms with Crippen molar-refractivity contribution in [2.75, 3.05) is 26.8 Å². The van der Waals surface area contributed by atoms with Gasteiger partial charge in [0.1, 0.15) is 11.6 Å². The van der Waals surface area contributed by atoms with Crippen LogP contribution in [0.2, 0.25) is 10.0 Å². The second kappa shape index (κ2) is 20.5. The van der Waals surface area contributed by atoms with Gasteiger partial charge in [0, 0.05) is 40.7 Å². The zero-order chi connectivity index (χ0) is 30.7. The van der Waals surface area contributed by atoms with Gasteiger partial charge in [-0.15, -0.1) is 0 Å². The second-order valence-electron chi connectivity index (χ2n) is 10.1. The number of halogens is 3. The van der Waals surface area contributed by atoms with Crippen molar-refractivity contribution >= 4 is 29.6 Å². The molecule has 1 fully saturated rings. The third-order valence-corrected chi connectivity index (χ3v) is 6.21. The van der Waals surface area contributed by atoms with Crippen LogP contribution in [0.15, 0.2) is 42.5 Å². The van der Waals surface area contributed by atoms with E-state index in [1.165, 1.54) is 12.1 Å². The molecule has 1 heterocycles. The van der Waals surface area contributed by atoms with Gasteiger partial charge < -0.3 is 25.6 Å². The van der Waals surface area contributed by atoms with E-state index in [1.54, 1.807) is 19.2 Å². The van der Waals surface area contributed by atoms with Crippen molar-refractivity contribution in [1.29, 1.82) is 5.26 Å². The minimum atomic E-state index is -0.711. The second-order valence-corrected chi connectivity index (χ2v) is 10.9. The summed E-state index contributed by atoms with van der Waals surface area (Å²) in [5.74, 6) is 0.577. The van der Waals surface area contributed by atoms with Crippen molar-refractivity contribution in [1.82, 2.24) is 10.6 Å². The lowest BCUT2D eigenvalue weighted by Crippen LogP contribution is -2.31. The van der Waals surface area contributed by atoms with Crippen molar-refractivity contribution in [2.24, 2.45) is 11.3 Å². The minimum Gasteiger partial charge on any atom is -0.496 e. The van der Waals surface area contributed by atoms with E-state index < -0.39 is 6.10 Å². The standard InChI is InChI=1S/C17H23ClN2O.C6H4ClF.C5H11NO3.C2H6/c1-17(2,3)8-15-13(9-19)14(10-20-15)12-7-11(18)5-6-16(12)21-4;7-5-2-1-3-6(8)4-5;7-3-5(9)1-2-6-4-8;1-2/h5-7,13-15,20H,8,10H2,1-4H3;1-4H;4-5,7,9H,1-3H2,(H,6,8);1-2H3. The number of benzene rings is 2. The molecule has 1 amide bonds. The Labute approximate surface area is 248 Å². The molecule has 2 aromatic rings. The van der Waals surface area contributed by atoms with Crippen LogP contribution in [0.4, 0.5) is 4.39 Å². The number of carbonyl (C=O) groups excluding carboxylic acids is 1. The van der Waals surface area contributed by atoms with Crippen LogP contribution in [0.1, 0.15) is 58.9 Å². The van der Waals surface area contributed by atoms with Crippen LogP contribution >= 0.6 is 23.2 Å². The maximum atomic E-state index is 12.1. The Morgan fingerprint density at radius 2 is 1.88 bits per heavy atom. The Hall–Kier alpha value is -2.41. The third-order valence-electron chi connectivity index (χ3n) is 5.74. The molecule has 0 saturated carbocycles. The van der Waals surface area contributed by atoms with Gasteiger partial charge in [0.2, 0.25) is 6.41 Å². The number of aliphatic hydroxyl groups excluding tert-OH is 2. The van der Waals surface area contributed by atoms with Gasteiger partial charge in [-0.05, 0) is 54.7 Å². The van der Waals surface area contributed by atoms with Crippen LogP contribution in [-0.2, 0) is 4.79 Å². The number of ether oxygens (including phenoxy) is 1. The van der Waals surface area contributed by atoms with Gasteiger partial charge in [-0.2, -0.15) is 5.26 Å². The number of methoxy groups -OCH3 is 1. The number of hydrogen-bond donors (Lipinski definition) is 4. The van der Waals surface area contributed by atoms with Gasteiger partial charge in [-0.3, -0.25) is 4.79 Å². The SMILES string of the molecule is CC.COc1ccc(Cl)cc1C1CNC(CC(C)(C)C)C1C#N.Fc1cccc(Cl)c1.O=CNCCC(O)CO. The summed E-state index contributed by atoms with van der Waals surface area (Å²) in [6.07, 6.45) is 1.22. The number of nitrogens with one attached hydrogen (secondary N) is 2. The molecule has 2 aromatic carbocycles. The number of rotatable bonds is 8. The fourth-order valence-corrected chi connectivity index (χ4v) is 4.37. The first kappa shape index (κ1) is 37.6. The van der Waals surface area contributed by atoms with Gasteiger partial charge >= 0.3 is 0 Å². The van der Waals surface area contributed by atoms with E-state index in [4.69, 9.17) is 38.2 Å². The molecule has 1 saturated heterocycles. The number of nitriles is 1. The van der Waals surface area contributed by atoms with Crippen LogP contribution < -0.4 is 15.4 Å². The molecule has 0 aliphatic carbocycles. The van der Waals surface area contributed by atoms with Crippen LogP contribution in [0, 0.1) is 28.5 Å². The molecule has 4 N–H and O–H groups in total.